The van der Waals surface area contributed by atoms with E-state index in [-0.39, 0.29) is 18.8 Å². The molecular weight excluding hydrogens is 443 g/mol. The number of carbonyl (C=O) groups is 2. The molecule has 0 bridgehead atoms. The topological polar surface area (TPSA) is 94.1 Å². The molecule has 7 nitrogen and oxygen atoms in total. The molecule has 1 amide bonds. The number of hydrogen-bond acceptors (Lipinski definition) is 5. The Bertz CT molecular complexity index is 985. The van der Waals surface area contributed by atoms with Crippen LogP contribution < -0.4 is 14.8 Å². The Balaban J connectivity index is 2.16. The fourth-order valence-corrected chi connectivity index (χ4v) is 2.88. The van der Waals surface area contributed by atoms with Crippen molar-refractivity contribution in [3.05, 3.63) is 59.2 Å². The van der Waals surface area contributed by atoms with E-state index in [0.29, 0.717) is 16.9 Å². The summed E-state index contributed by atoms with van der Waals surface area (Å²) < 4.78 is 54.6. The van der Waals surface area contributed by atoms with Crippen molar-refractivity contribution in [2.45, 2.75) is 51.6 Å². The summed E-state index contributed by atoms with van der Waals surface area (Å²) in [5, 5.41) is 11.8. The number of carboxylic acids is 1. The molecular formula is C23H26F3NO6. The highest BCUT2D eigenvalue weighted by Crippen LogP contribution is 2.32. The Hall–Kier alpha value is -3.43. The number of aliphatic carboxylic acids is 1. The lowest BCUT2D eigenvalue weighted by atomic mass is 10.0. The van der Waals surface area contributed by atoms with Crippen molar-refractivity contribution in [2.24, 2.45) is 0 Å². The molecule has 2 rings (SSSR count). The van der Waals surface area contributed by atoms with Crippen molar-refractivity contribution in [3.8, 4) is 11.5 Å². The van der Waals surface area contributed by atoms with Crippen molar-refractivity contribution in [2.75, 3.05) is 7.11 Å². The molecule has 2 N–H and O–H groups in total. The van der Waals surface area contributed by atoms with Gasteiger partial charge in [-0.25, -0.2) is 9.59 Å². The summed E-state index contributed by atoms with van der Waals surface area (Å²) >= 11 is 0. The molecule has 0 aliphatic heterocycles. The molecule has 2 aromatic rings. The van der Waals surface area contributed by atoms with E-state index in [4.69, 9.17) is 14.2 Å². The van der Waals surface area contributed by atoms with Crippen molar-refractivity contribution in [3.63, 3.8) is 0 Å². The Morgan fingerprint density at radius 1 is 1.09 bits per heavy atom. The third-order valence-corrected chi connectivity index (χ3v) is 4.33. The van der Waals surface area contributed by atoms with Gasteiger partial charge in [-0.3, -0.25) is 0 Å². The lowest BCUT2D eigenvalue weighted by Gasteiger charge is -2.22. The van der Waals surface area contributed by atoms with E-state index in [0.717, 1.165) is 12.1 Å². The van der Waals surface area contributed by atoms with Crippen molar-refractivity contribution in [1.82, 2.24) is 5.32 Å². The molecule has 180 valence electrons. The highest BCUT2D eigenvalue weighted by molar-refractivity contribution is 5.80. The maximum Gasteiger partial charge on any atom is 0.416 e. The van der Waals surface area contributed by atoms with E-state index in [2.05, 4.69) is 5.32 Å². The zero-order chi connectivity index (χ0) is 24.8. The van der Waals surface area contributed by atoms with Gasteiger partial charge in [0.1, 0.15) is 29.7 Å². The third-order valence-electron chi connectivity index (χ3n) is 4.33. The zero-order valence-electron chi connectivity index (χ0n) is 18.7. The van der Waals surface area contributed by atoms with Crippen LogP contribution in [0.15, 0.2) is 42.5 Å². The van der Waals surface area contributed by atoms with Crippen molar-refractivity contribution < 1.29 is 42.1 Å². The number of nitrogens with one attached hydrogen (secondary N) is 1. The van der Waals surface area contributed by atoms with E-state index in [1.54, 1.807) is 39.0 Å². The summed E-state index contributed by atoms with van der Waals surface area (Å²) in [7, 11) is 1.42. The average molecular weight is 469 g/mol. The maximum absolute atomic E-state index is 12.9. The predicted molar refractivity (Wildman–Crippen MR) is 113 cm³/mol. The number of amides is 1. The molecule has 1 atom stereocenters. The van der Waals surface area contributed by atoms with Gasteiger partial charge in [-0.1, -0.05) is 12.1 Å². The van der Waals surface area contributed by atoms with Gasteiger partial charge in [0.2, 0.25) is 0 Å². The highest BCUT2D eigenvalue weighted by atomic mass is 19.4. The number of carbonyl (C=O) groups excluding carboxylic acids is 1. The Kier molecular flexibility index (Phi) is 8.18. The summed E-state index contributed by atoms with van der Waals surface area (Å²) in [6.45, 7) is 4.85. The van der Waals surface area contributed by atoms with Gasteiger partial charge in [-0.05, 0) is 56.7 Å². The fraction of sp³-hybridized carbons (Fsp3) is 0.391. The first-order chi connectivity index (χ1) is 15.3. The number of alkyl carbamates (subject to hydrolysis) is 1. The number of benzene rings is 2. The van der Waals surface area contributed by atoms with Gasteiger partial charge in [-0.15, -0.1) is 0 Å². The number of ether oxygens (including phenoxy) is 3. The SMILES string of the molecule is COc1ccc(CC(NC(=O)OC(C)(C)C)C(=O)O)cc1COc1cccc(C(F)(F)F)c1. The molecule has 1 unspecified atom stereocenters. The number of halogens is 3. The predicted octanol–water partition coefficient (Wildman–Crippen LogP) is 4.81. The first-order valence-electron chi connectivity index (χ1n) is 9.96. The quantitative estimate of drug-likeness (QED) is 0.576. The van der Waals surface area contributed by atoms with Gasteiger partial charge in [0.05, 0.1) is 12.7 Å². The van der Waals surface area contributed by atoms with Crippen LogP contribution in [-0.2, 0) is 28.7 Å². The van der Waals surface area contributed by atoms with E-state index < -0.39 is 35.4 Å². The van der Waals surface area contributed by atoms with Crippen LogP contribution in [-0.4, -0.2) is 35.9 Å². The van der Waals surface area contributed by atoms with Gasteiger partial charge >= 0.3 is 18.2 Å². The molecule has 0 aromatic heterocycles. The zero-order valence-corrected chi connectivity index (χ0v) is 18.7. The van der Waals surface area contributed by atoms with Crippen LogP contribution in [0.4, 0.5) is 18.0 Å². The molecule has 0 radical (unpaired) electrons. The van der Waals surface area contributed by atoms with Crippen LogP contribution in [0.2, 0.25) is 0 Å². The lowest BCUT2D eigenvalue weighted by molar-refractivity contribution is -0.139. The average Bonchev–Trinajstić information content (AvgIpc) is 2.70. The minimum Gasteiger partial charge on any atom is -0.496 e. The molecule has 10 heteroatoms. The fourth-order valence-electron chi connectivity index (χ4n) is 2.88. The molecule has 0 saturated carbocycles. The van der Waals surface area contributed by atoms with Crippen LogP contribution in [0.1, 0.15) is 37.5 Å². The smallest absolute Gasteiger partial charge is 0.416 e. The molecule has 0 aliphatic carbocycles. The second-order valence-electron chi connectivity index (χ2n) is 8.20. The van der Waals surface area contributed by atoms with Crippen LogP contribution in [0, 0.1) is 0 Å². The molecule has 0 saturated heterocycles. The first-order valence-corrected chi connectivity index (χ1v) is 9.96. The number of methoxy groups -OCH3 is 1. The van der Waals surface area contributed by atoms with Crippen LogP contribution in [0.5, 0.6) is 11.5 Å². The summed E-state index contributed by atoms with van der Waals surface area (Å²) in [4.78, 5) is 23.6. The molecule has 33 heavy (non-hydrogen) atoms. The van der Waals surface area contributed by atoms with E-state index in [1.807, 2.05) is 0 Å². The summed E-state index contributed by atoms with van der Waals surface area (Å²) in [6.07, 6.45) is -5.42. The van der Waals surface area contributed by atoms with Gasteiger partial charge in [-0.2, -0.15) is 13.2 Å². The largest absolute Gasteiger partial charge is 0.496 e. The molecule has 0 heterocycles. The van der Waals surface area contributed by atoms with Crippen LogP contribution in [0.25, 0.3) is 0 Å². The normalized spacial score (nSPS) is 12.6. The first kappa shape index (κ1) is 25.8. The molecule has 0 aliphatic rings. The van der Waals surface area contributed by atoms with Gasteiger partial charge in [0, 0.05) is 12.0 Å². The van der Waals surface area contributed by atoms with E-state index >= 15 is 0 Å². The number of hydrogen-bond donors (Lipinski definition) is 2. The lowest BCUT2D eigenvalue weighted by Crippen LogP contribution is -2.44. The number of alkyl halides is 3. The third kappa shape index (κ3) is 8.21. The second-order valence-corrected chi connectivity index (χ2v) is 8.20. The minimum atomic E-state index is -4.50. The molecule has 0 fully saturated rings. The van der Waals surface area contributed by atoms with Gasteiger partial charge < -0.3 is 24.6 Å². The van der Waals surface area contributed by atoms with Gasteiger partial charge in [0.25, 0.3) is 0 Å². The summed E-state index contributed by atoms with van der Waals surface area (Å²) in [5.41, 5.74) is -0.588. The van der Waals surface area contributed by atoms with Crippen LogP contribution >= 0.6 is 0 Å². The number of rotatable bonds is 8. The van der Waals surface area contributed by atoms with Gasteiger partial charge in [0.15, 0.2) is 0 Å². The maximum atomic E-state index is 12.9. The summed E-state index contributed by atoms with van der Waals surface area (Å²) in [5.74, 6) is -0.816. The minimum absolute atomic E-state index is 0.0206. The highest BCUT2D eigenvalue weighted by Gasteiger charge is 2.30. The van der Waals surface area contributed by atoms with Crippen LogP contribution in [0.3, 0.4) is 0 Å². The van der Waals surface area contributed by atoms with Crippen molar-refractivity contribution in [1.29, 1.82) is 0 Å². The Labute approximate surface area is 189 Å². The Morgan fingerprint density at radius 2 is 1.79 bits per heavy atom. The Morgan fingerprint density at radius 3 is 2.36 bits per heavy atom. The monoisotopic (exact) mass is 469 g/mol. The molecule has 2 aromatic carbocycles. The standard InChI is InChI=1S/C23H26F3NO6/c1-22(2,3)33-21(30)27-18(20(28)29)11-14-8-9-19(31-4)15(10-14)13-32-17-7-5-6-16(12-17)23(24,25)26/h5-10,12,18H,11,13H2,1-4H3,(H,27,30)(H,28,29). The molecule has 0 spiro atoms. The second kappa shape index (κ2) is 10.5. The van der Waals surface area contributed by atoms with Crippen molar-refractivity contribution >= 4 is 12.1 Å². The number of carboxylic acid groups (broad SMARTS) is 1. The van der Waals surface area contributed by atoms with E-state index in [1.165, 1.54) is 19.2 Å². The van der Waals surface area contributed by atoms with E-state index in [9.17, 15) is 27.9 Å². The summed E-state index contributed by atoms with van der Waals surface area (Å²) in [6, 6.07) is 8.04.